The lowest BCUT2D eigenvalue weighted by atomic mass is 10.1. The molecule has 1 atom stereocenters. The smallest absolute Gasteiger partial charge is 0.328 e. The number of carbonyl (C=O) groups is 3. The molecule has 2 amide bonds. The van der Waals surface area contributed by atoms with Gasteiger partial charge in [-0.1, -0.05) is 17.7 Å². The minimum absolute atomic E-state index is 0.0630. The van der Waals surface area contributed by atoms with E-state index < -0.39 is 12.0 Å². The number of halogens is 1. The number of carbonyl (C=O) groups excluding carboxylic acids is 2. The number of anilines is 1. The molecule has 110 valence electrons. The number of nitrogens with one attached hydrogen (secondary N) is 1. The van der Waals surface area contributed by atoms with Gasteiger partial charge in [-0.2, -0.15) is 0 Å². The topological polar surface area (TPSA) is 86.7 Å². The summed E-state index contributed by atoms with van der Waals surface area (Å²) in [7, 11) is 0. The maximum absolute atomic E-state index is 11.6. The van der Waals surface area contributed by atoms with Crippen LogP contribution in [0.1, 0.15) is 12.5 Å². The summed E-state index contributed by atoms with van der Waals surface area (Å²) in [6.45, 7) is 1.75. The molecule has 0 bridgehead atoms. The molecule has 0 saturated carbocycles. The average molecular weight is 309 g/mol. The molecule has 1 aromatic carbocycles. The van der Waals surface area contributed by atoms with Crippen molar-refractivity contribution in [3.05, 3.63) is 34.9 Å². The number of piperazine rings is 1. The molecule has 1 heterocycles. The standard InChI is InChI=1S/C14H13ClN2O4/c1-8-14(21)16-12(18)7-17(8)10-4-2-9(11(15)6-10)3-5-13(19)20/h2-6,8H,7H2,1H3,(H,19,20)(H,16,18,21)/b5-3+. The van der Waals surface area contributed by atoms with E-state index in [1.807, 2.05) is 0 Å². The zero-order chi connectivity index (χ0) is 15.6. The third-order valence-electron chi connectivity index (χ3n) is 3.14. The number of benzene rings is 1. The summed E-state index contributed by atoms with van der Waals surface area (Å²) in [6.07, 6.45) is 2.37. The van der Waals surface area contributed by atoms with Crippen LogP contribution in [0.25, 0.3) is 6.08 Å². The van der Waals surface area contributed by atoms with Crippen LogP contribution in [-0.4, -0.2) is 35.5 Å². The van der Waals surface area contributed by atoms with Crippen molar-refractivity contribution >= 4 is 41.1 Å². The molecular weight excluding hydrogens is 296 g/mol. The Kier molecular flexibility index (Phi) is 4.28. The summed E-state index contributed by atoms with van der Waals surface area (Å²) < 4.78 is 0. The van der Waals surface area contributed by atoms with E-state index in [2.05, 4.69) is 5.32 Å². The van der Waals surface area contributed by atoms with Crippen molar-refractivity contribution in [1.29, 1.82) is 0 Å². The Balaban J connectivity index is 2.29. The van der Waals surface area contributed by atoms with Crippen molar-refractivity contribution in [3.8, 4) is 0 Å². The van der Waals surface area contributed by atoms with Gasteiger partial charge in [-0.15, -0.1) is 0 Å². The number of carboxylic acid groups (broad SMARTS) is 1. The van der Waals surface area contributed by atoms with Crippen LogP contribution in [0.3, 0.4) is 0 Å². The Labute approximate surface area is 126 Å². The molecule has 0 radical (unpaired) electrons. The lowest BCUT2D eigenvalue weighted by Gasteiger charge is -2.33. The van der Waals surface area contributed by atoms with E-state index in [1.54, 1.807) is 30.0 Å². The third-order valence-corrected chi connectivity index (χ3v) is 3.47. The van der Waals surface area contributed by atoms with Crippen molar-refractivity contribution in [3.63, 3.8) is 0 Å². The fourth-order valence-electron chi connectivity index (χ4n) is 2.02. The van der Waals surface area contributed by atoms with Crippen LogP contribution in [0.15, 0.2) is 24.3 Å². The number of nitrogens with zero attached hydrogens (tertiary/aromatic N) is 1. The van der Waals surface area contributed by atoms with Crippen LogP contribution >= 0.6 is 11.6 Å². The second-order valence-electron chi connectivity index (χ2n) is 4.59. The van der Waals surface area contributed by atoms with Crippen molar-refractivity contribution in [2.45, 2.75) is 13.0 Å². The number of hydrogen-bond donors (Lipinski definition) is 2. The lowest BCUT2D eigenvalue weighted by molar-refractivity contribution is -0.133. The van der Waals surface area contributed by atoms with Crippen molar-refractivity contribution < 1.29 is 19.5 Å². The highest BCUT2D eigenvalue weighted by Gasteiger charge is 2.30. The van der Waals surface area contributed by atoms with Gasteiger partial charge < -0.3 is 10.0 Å². The first-order chi connectivity index (χ1) is 9.88. The molecule has 7 heteroatoms. The highest BCUT2D eigenvalue weighted by molar-refractivity contribution is 6.32. The normalized spacial score (nSPS) is 19.0. The summed E-state index contributed by atoms with van der Waals surface area (Å²) in [5, 5.41) is 11.2. The zero-order valence-corrected chi connectivity index (χ0v) is 11.9. The number of aliphatic carboxylic acids is 1. The van der Waals surface area contributed by atoms with Gasteiger partial charge in [0.2, 0.25) is 11.8 Å². The van der Waals surface area contributed by atoms with Crippen molar-refractivity contribution in [2.75, 3.05) is 11.4 Å². The van der Waals surface area contributed by atoms with Gasteiger partial charge in [-0.05, 0) is 30.7 Å². The SMILES string of the molecule is CC1C(=O)NC(=O)CN1c1ccc(/C=C/C(=O)O)c(Cl)c1. The minimum atomic E-state index is -1.07. The Morgan fingerprint density at radius 2 is 2.19 bits per heavy atom. The van der Waals surface area contributed by atoms with Crippen LogP contribution in [0, 0.1) is 0 Å². The van der Waals surface area contributed by atoms with Gasteiger partial charge in [0.05, 0.1) is 6.54 Å². The monoisotopic (exact) mass is 308 g/mol. The number of hydrogen-bond acceptors (Lipinski definition) is 4. The van der Waals surface area contributed by atoms with Crippen molar-refractivity contribution in [1.82, 2.24) is 5.32 Å². The highest BCUT2D eigenvalue weighted by atomic mass is 35.5. The number of imide groups is 1. The first-order valence-corrected chi connectivity index (χ1v) is 6.57. The second kappa shape index (κ2) is 5.97. The lowest BCUT2D eigenvalue weighted by Crippen LogP contribution is -2.57. The predicted octanol–water partition coefficient (Wildman–Crippen LogP) is 1.29. The Hall–Kier alpha value is -2.34. The van der Waals surface area contributed by atoms with Crippen LogP contribution < -0.4 is 10.2 Å². The first kappa shape index (κ1) is 15.1. The Morgan fingerprint density at radius 3 is 2.81 bits per heavy atom. The van der Waals surface area contributed by atoms with Crippen LogP contribution in [0.5, 0.6) is 0 Å². The molecule has 6 nitrogen and oxygen atoms in total. The van der Waals surface area contributed by atoms with E-state index in [-0.39, 0.29) is 18.4 Å². The fraction of sp³-hybridized carbons (Fsp3) is 0.214. The Bertz CT molecular complexity index is 642. The summed E-state index contributed by atoms with van der Waals surface area (Å²) in [6, 6.07) is 4.45. The van der Waals surface area contributed by atoms with E-state index in [4.69, 9.17) is 16.7 Å². The van der Waals surface area contributed by atoms with E-state index in [0.29, 0.717) is 16.3 Å². The molecule has 1 aliphatic rings. The molecule has 2 rings (SSSR count). The highest BCUT2D eigenvalue weighted by Crippen LogP contribution is 2.26. The van der Waals surface area contributed by atoms with E-state index in [9.17, 15) is 14.4 Å². The second-order valence-corrected chi connectivity index (χ2v) is 5.00. The maximum atomic E-state index is 11.6. The summed E-state index contributed by atoms with van der Waals surface area (Å²) in [5.74, 6) is -1.80. The minimum Gasteiger partial charge on any atom is -0.478 e. The quantitative estimate of drug-likeness (QED) is 0.649. The van der Waals surface area contributed by atoms with Gasteiger partial charge in [0, 0.05) is 16.8 Å². The molecule has 1 aromatic rings. The van der Waals surface area contributed by atoms with E-state index in [0.717, 1.165) is 6.08 Å². The third kappa shape index (κ3) is 3.41. The molecule has 0 spiro atoms. The summed E-state index contributed by atoms with van der Waals surface area (Å²) >= 11 is 6.10. The molecular formula is C14H13ClN2O4. The van der Waals surface area contributed by atoms with E-state index >= 15 is 0 Å². The average Bonchev–Trinajstić information content (AvgIpc) is 2.41. The number of amides is 2. The molecule has 21 heavy (non-hydrogen) atoms. The van der Waals surface area contributed by atoms with Gasteiger partial charge in [-0.3, -0.25) is 14.9 Å². The summed E-state index contributed by atoms with van der Waals surface area (Å²) in [4.78, 5) is 35.2. The number of carboxylic acids is 1. The van der Waals surface area contributed by atoms with Gasteiger partial charge in [0.25, 0.3) is 0 Å². The molecule has 1 saturated heterocycles. The first-order valence-electron chi connectivity index (χ1n) is 6.19. The van der Waals surface area contributed by atoms with Gasteiger partial charge >= 0.3 is 5.97 Å². The van der Waals surface area contributed by atoms with Gasteiger partial charge in [-0.25, -0.2) is 4.79 Å². The molecule has 1 aliphatic heterocycles. The predicted molar refractivity (Wildman–Crippen MR) is 78.1 cm³/mol. The van der Waals surface area contributed by atoms with Gasteiger partial charge in [0.1, 0.15) is 6.04 Å². The molecule has 2 N–H and O–H groups in total. The summed E-state index contributed by atoms with van der Waals surface area (Å²) in [5.41, 5.74) is 1.17. The Morgan fingerprint density at radius 1 is 1.48 bits per heavy atom. The number of rotatable bonds is 3. The molecule has 1 unspecified atom stereocenters. The molecule has 1 fully saturated rings. The van der Waals surface area contributed by atoms with Crippen molar-refractivity contribution in [2.24, 2.45) is 0 Å². The van der Waals surface area contributed by atoms with Crippen LogP contribution in [-0.2, 0) is 14.4 Å². The maximum Gasteiger partial charge on any atom is 0.328 e. The molecule has 0 aliphatic carbocycles. The fourth-order valence-corrected chi connectivity index (χ4v) is 2.26. The van der Waals surface area contributed by atoms with Crippen LogP contribution in [0.2, 0.25) is 5.02 Å². The van der Waals surface area contributed by atoms with Crippen LogP contribution in [0.4, 0.5) is 5.69 Å². The zero-order valence-electron chi connectivity index (χ0n) is 11.2. The largest absolute Gasteiger partial charge is 0.478 e. The molecule has 0 aromatic heterocycles. The van der Waals surface area contributed by atoms with E-state index in [1.165, 1.54) is 6.08 Å². The van der Waals surface area contributed by atoms with Gasteiger partial charge in [0.15, 0.2) is 0 Å².